The molecule has 0 fully saturated rings. The minimum atomic E-state index is -5.73. The van der Waals surface area contributed by atoms with E-state index in [1.807, 2.05) is 0 Å². The molecule has 0 aliphatic rings. The monoisotopic (exact) mass is 326 g/mol. The van der Waals surface area contributed by atoms with Crippen molar-refractivity contribution in [3.8, 4) is 0 Å². The molecule has 1 nitrogen and oxygen atoms in total. The molecule has 0 aliphatic carbocycles. The van der Waals surface area contributed by atoms with E-state index >= 15 is 0 Å². The zero-order valence-corrected chi connectivity index (χ0v) is 9.17. The van der Waals surface area contributed by atoms with Crippen LogP contribution in [-0.2, 0) is 10.8 Å². The number of ether oxygens (including phenoxy) is 1. The molecule has 17 heavy (non-hydrogen) atoms. The first-order valence-electron chi connectivity index (χ1n) is 3.82. The number of halogens is 8. The van der Waals surface area contributed by atoms with Gasteiger partial charge in [-0.15, -0.1) is 13.2 Å². The van der Waals surface area contributed by atoms with Crippen LogP contribution in [0.4, 0.5) is 30.7 Å². The summed E-state index contributed by atoms with van der Waals surface area (Å²) in [4.78, 5) is 0. The Labute approximate surface area is 98.3 Å². The van der Waals surface area contributed by atoms with Gasteiger partial charge < -0.3 is 0 Å². The molecule has 0 amide bonds. The number of benzene rings is 1. The van der Waals surface area contributed by atoms with Gasteiger partial charge in [-0.2, -0.15) is 8.78 Å². The Morgan fingerprint density at radius 3 is 1.71 bits per heavy atom. The molecule has 9 heteroatoms. The van der Waals surface area contributed by atoms with Crippen molar-refractivity contribution in [3.05, 3.63) is 33.8 Å². The lowest BCUT2D eigenvalue weighted by atomic mass is 10.2. The van der Waals surface area contributed by atoms with Crippen LogP contribution in [0.3, 0.4) is 0 Å². The van der Waals surface area contributed by atoms with Crippen LogP contribution in [0.2, 0.25) is 0 Å². The molecular formula is C8H2BrF7O. The Balaban J connectivity index is 3.24. The average molecular weight is 327 g/mol. The van der Waals surface area contributed by atoms with Crippen molar-refractivity contribution in [2.45, 2.75) is 12.5 Å². The molecular weight excluding hydrogens is 325 g/mol. The molecule has 0 saturated carbocycles. The van der Waals surface area contributed by atoms with Crippen molar-refractivity contribution < 1.29 is 35.5 Å². The van der Waals surface area contributed by atoms with Crippen molar-refractivity contribution in [1.29, 1.82) is 0 Å². The predicted octanol–water partition coefficient (Wildman–Crippen LogP) is 4.31. The first-order valence-corrected chi connectivity index (χ1v) is 4.62. The lowest BCUT2D eigenvalue weighted by Crippen LogP contribution is -2.29. The van der Waals surface area contributed by atoms with Crippen LogP contribution in [0.1, 0.15) is 5.56 Å². The fourth-order valence-electron chi connectivity index (χ4n) is 1.02. The summed E-state index contributed by atoms with van der Waals surface area (Å²) in [6, 6.07) is 0.790. The summed E-state index contributed by atoms with van der Waals surface area (Å²) in [6.45, 7) is 0. The van der Waals surface area contributed by atoms with Crippen molar-refractivity contribution in [1.82, 2.24) is 0 Å². The molecule has 0 heterocycles. The van der Waals surface area contributed by atoms with E-state index in [1.165, 1.54) is 0 Å². The highest BCUT2D eigenvalue weighted by Crippen LogP contribution is 2.39. The van der Waals surface area contributed by atoms with Gasteiger partial charge in [-0.05, 0) is 12.1 Å². The van der Waals surface area contributed by atoms with Gasteiger partial charge in [0.2, 0.25) is 0 Å². The second kappa shape index (κ2) is 4.45. The van der Waals surface area contributed by atoms with Gasteiger partial charge in [-0.1, -0.05) is 15.9 Å². The molecule has 0 unspecified atom stereocenters. The molecule has 0 aromatic heterocycles. The normalized spacial score (nSPS) is 12.9. The lowest BCUT2D eigenvalue weighted by molar-refractivity contribution is -0.432. The van der Waals surface area contributed by atoms with Gasteiger partial charge in [-0.3, -0.25) is 0 Å². The fraction of sp³-hybridized carbons (Fsp3) is 0.250. The van der Waals surface area contributed by atoms with Gasteiger partial charge in [0, 0.05) is 4.47 Å². The Morgan fingerprint density at radius 1 is 0.941 bits per heavy atom. The van der Waals surface area contributed by atoms with Gasteiger partial charge in [0.25, 0.3) is 0 Å². The zero-order chi connectivity index (χ0) is 13.4. The summed E-state index contributed by atoms with van der Waals surface area (Å²) in [5.74, 6) is -3.71. The minimum absolute atomic E-state index is 0.237. The largest absolute Gasteiger partial charge is 0.527 e. The Kier molecular flexibility index (Phi) is 3.72. The van der Waals surface area contributed by atoms with E-state index in [0.717, 1.165) is 0 Å². The molecule has 0 atom stereocenters. The molecule has 96 valence electrons. The topological polar surface area (TPSA) is 9.23 Å². The third-order valence-corrected chi connectivity index (χ3v) is 2.00. The number of hydrogen-bond acceptors (Lipinski definition) is 1. The van der Waals surface area contributed by atoms with E-state index in [1.54, 1.807) is 0 Å². The molecule has 1 aromatic carbocycles. The fourth-order valence-corrected chi connectivity index (χ4v) is 1.42. The van der Waals surface area contributed by atoms with E-state index in [9.17, 15) is 30.7 Å². The first kappa shape index (κ1) is 14.2. The first-order chi connectivity index (χ1) is 7.53. The summed E-state index contributed by atoms with van der Waals surface area (Å²) >= 11 is 2.59. The van der Waals surface area contributed by atoms with Crippen LogP contribution in [0, 0.1) is 11.6 Å². The SMILES string of the molecule is Fc1cc(Br)cc(F)c1C(F)(F)OC(F)(F)F. The van der Waals surface area contributed by atoms with Crippen molar-refractivity contribution in [2.24, 2.45) is 0 Å². The van der Waals surface area contributed by atoms with E-state index < -0.39 is 29.7 Å². The van der Waals surface area contributed by atoms with E-state index in [-0.39, 0.29) is 4.47 Å². The van der Waals surface area contributed by atoms with E-state index in [0.29, 0.717) is 12.1 Å². The predicted molar refractivity (Wildman–Crippen MR) is 45.1 cm³/mol. The number of hydrogen-bond donors (Lipinski definition) is 0. The smallest absolute Gasteiger partial charge is 0.222 e. The van der Waals surface area contributed by atoms with Gasteiger partial charge in [-0.25, -0.2) is 13.5 Å². The summed E-state index contributed by atoms with van der Waals surface area (Å²) in [5.41, 5.74) is -2.10. The minimum Gasteiger partial charge on any atom is -0.222 e. The quantitative estimate of drug-likeness (QED) is 0.736. The Hall–Kier alpha value is -0.830. The van der Waals surface area contributed by atoms with Crippen LogP contribution >= 0.6 is 15.9 Å². The standard InChI is InChI=1S/C8H2BrF7O/c9-3-1-4(10)6(5(11)2-3)7(12,13)17-8(14,15)16/h1-2H. The van der Waals surface area contributed by atoms with Gasteiger partial charge in [0.1, 0.15) is 17.2 Å². The third kappa shape index (κ3) is 3.56. The summed E-state index contributed by atoms with van der Waals surface area (Å²) in [7, 11) is 0. The Morgan fingerprint density at radius 2 is 1.35 bits per heavy atom. The second-order valence-corrected chi connectivity index (χ2v) is 3.72. The van der Waals surface area contributed by atoms with Crippen molar-refractivity contribution >= 4 is 15.9 Å². The number of rotatable bonds is 2. The van der Waals surface area contributed by atoms with E-state index in [2.05, 4.69) is 20.7 Å². The van der Waals surface area contributed by atoms with Crippen molar-refractivity contribution in [2.75, 3.05) is 0 Å². The average Bonchev–Trinajstić information content (AvgIpc) is 1.93. The lowest BCUT2D eigenvalue weighted by Gasteiger charge is -2.19. The number of alkyl halides is 5. The molecule has 1 rings (SSSR count). The summed E-state index contributed by atoms with van der Waals surface area (Å²) in [5, 5.41) is 0. The molecule has 0 aliphatic heterocycles. The maximum Gasteiger partial charge on any atom is 0.527 e. The molecule has 1 aromatic rings. The van der Waals surface area contributed by atoms with Gasteiger partial charge in [0.05, 0.1) is 0 Å². The Bertz CT molecular complexity index is 405. The van der Waals surface area contributed by atoms with Crippen LogP contribution in [-0.4, -0.2) is 6.36 Å². The second-order valence-electron chi connectivity index (χ2n) is 2.81. The third-order valence-electron chi connectivity index (χ3n) is 1.54. The summed E-state index contributed by atoms with van der Waals surface area (Å²) < 4.78 is 88.7. The highest BCUT2D eigenvalue weighted by atomic mass is 79.9. The maximum atomic E-state index is 13.0. The molecule has 0 bridgehead atoms. The van der Waals surface area contributed by atoms with Crippen LogP contribution in [0.15, 0.2) is 16.6 Å². The zero-order valence-electron chi connectivity index (χ0n) is 7.59. The van der Waals surface area contributed by atoms with Gasteiger partial charge in [0.15, 0.2) is 0 Å². The van der Waals surface area contributed by atoms with E-state index in [4.69, 9.17) is 0 Å². The molecule has 0 radical (unpaired) electrons. The van der Waals surface area contributed by atoms with Crippen LogP contribution in [0.25, 0.3) is 0 Å². The van der Waals surface area contributed by atoms with Gasteiger partial charge >= 0.3 is 12.5 Å². The molecule has 0 spiro atoms. The summed E-state index contributed by atoms with van der Waals surface area (Å²) in [6.07, 6.45) is -10.9. The van der Waals surface area contributed by atoms with Crippen LogP contribution < -0.4 is 0 Å². The molecule has 0 saturated heterocycles. The van der Waals surface area contributed by atoms with Crippen molar-refractivity contribution in [3.63, 3.8) is 0 Å². The highest BCUT2D eigenvalue weighted by Gasteiger charge is 2.49. The molecule has 0 N–H and O–H groups in total. The highest BCUT2D eigenvalue weighted by molar-refractivity contribution is 9.10. The maximum absolute atomic E-state index is 13.0. The van der Waals surface area contributed by atoms with Crippen LogP contribution in [0.5, 0.6) is 0 Å².